The predicted molar refractivity (Wildman–Crippen MR) is 69.2 cm³/mol. The Labute approximate surface area is 108 Å². The zero-order valence-electron chi connectivity index (χ0n) is 9.65. The van der Waals surface area contributed by atoms with Crippen LogP contribution >= 0.6 is 12.4 Å². The first-order valence-electron chi connectivity index (χ1n) is 5.64. The van der Waals surface area contributed by atoms with E-state index in [1.807, 2.05) is 12.1 Å². The number of nitrogens with one attached hydrogen (secondary N) is 1. The van der Waals surface area contributed by atoms with Crippen LogP contribution in [0.3, 0.4) is 0 Å². The summed E-state index contributed by atoms with van der Waals surface area (Å²) in [6.07, 6.45) is 2.28. The minimum absolute atomic E-state index is 0. The van der Waals surface area contributed by atoms with E-state index in [0.717, 1.165) is 31.5 Å². The first-order chi connectivity index (χ1) is 7.72. The monoisotopic (exact) mass is 252 g/mol. The third-order valence-corrected chi connectivity index (χ3v) is 3.15. The van der Waals surface area contributed by atoms with Crippen molar-refractivity contribution in [2.75, 3.05) is 13.1 Å². The van der Waals surface area contributed by atoms with Crippen molar-refractivity contribution in [2.24, 2.45) is 0 Å². The maximum absolute atomic E-state index is 10.3. The number of nitrogens with zero attached hydrogens (tertiary/aromatic N) is 1. The van der Waals surface area contributed by atoms with Gasteiger partial charge in [0.15, 0.2) is 0 Å². The fourth-order valence-electron chi connectivity index (χ4n) is 2.15. The molecule has 0 radical (unpaired) electrons. The molecule has 1 aliphatic heterocycles. The molecular weight excluding hydrogens is 236 g/mol. The lowest BCUT2D eigenvalue weighted by atomic mass is 9.86. The number of piperidine rings is 1. The van der Waals surface area contributed by atoms with Crippen molar-refractivity contribution >= 4 is 12.4 Å². The summed E-state index contributed by atoms with van der Waals surface area (Å²) in [5.74, 6) is 0. The van der Waals surface area contributed by atoms with Gasteiger partial charge in [-0.25, -0.2) is 0 Å². The summed E-state index contributed by atoms with van der Waals surface area (Å²) in [5, 5.41) is 22.3. The summed E-state index contributed by atoms with van der Waals surface area (Å²) < 4.78 is 0. The number of hydrogen-bond donors (Lipinski definition) is 2. The van der Waals surface area contributed by atoms with Gasteiger partial charge in [0.1, 0.15) is 0 Å². The van der Waals surface area contributed by atoms with E-state index in [1.165, 1.54) is 0 Å². The minimum atomic E-state index is -0.570. The largest absolute Gasteiger partial charge is 0.389 e. The maximum atomic E-state index is 10.3. The summed E-state index contributed by atoms with van der Waals surface area (Å²) >= 11 is 0. The van der Waals surface area contributed by atoms with Crippen LogP contribution in [0.2, 0.25) is 0 Å². The number of aliphatic hydroxyl groups is 1. The molecule has 17 heavy (non-hydrogen) atoms. The first-order valence-corrected chi connectivity index (χ1v) is 5.64. The van der Waals surface area contributed by atoms with E-state index in [9.17, 15) is 5.11 Å². The summed E-state index contributed by atoms with van der Waals surface area (Å²) in [6, 6.07) is 9.56. The molecule has 1 aromatic carbocycles. The summed E-state index contributed by atoms with van der Waals surface area (Å²) in [7, 11) is 0. The Hall–Kier alpha value is -1.08. The van der Waals surface area contributed by atoms with Gasteiger partial charge in [-0.05, 0) is 43.6 Å². The Morgan fingerprint density at radius 3 is 2.35 bits per heavy atom. The maximum Gasteiger partial charge on any atom is 0.0991 e. The smallest absolute Gasteiger partial charge is 0.0991 e. The Kier molecular flexibility index (Phi) is 4.95. The fraction of sp³-hybridized carbons (Fsp3) is 0.462. The molecule has 0 atom stereocenters. The van der Waals surface area contributed by atoms with Crippen LogP contribution in [0.25, 0.3) is 0 Å². The van der Waals surface area contributed by atoms with Gasteiger partial charge in [0.05, 0.1) is 17.2 Å². The highest BCUT2D eigenvalue weighted by atomic mass is 35.5. The van der Waals surface area contributed by atoms with Crippen LogP contribution < -0.4 is 5.32 Å². The Morgan fingerprint density at radius 2 is 1.82 bits per heavy atom. The van der Waals surface area contributed by atoms with E-state index < -0.39 is 5.60 Å². The second-order valence-electron chi connectivity index (χ2n) is 4.46. The number of benzene rings is 1. The van der Waals surface area contributed by atoms with Crippen molar-refractivity contribution in [3.8, 4) is 6.07 Å². The lowest BCUT2D eigenvalue weighted by Gasteiger charge is -2.32. The molecule has 2 rings (SSSR count). The van der Waals surface area contributed by atoms with E-state index in [1.54, 1.807) is 12.1 Å². The van der Waals surface area contributed by atoms with Gasteiger partial charge in [-0.3, -0.25) is 0 Å². The molecule has 0 saturated carbocycles. The summed E-state index contributed by atoms with van der Waals surface area (Å²) in [6.45, 7) is 1.76. The van der Waals surface area contributed by atoms with Crippen molar-refractivity contribution in [1.29, 1.82) is 5.26 Å². The fourth-order valence-corrected chi connectivity index (χ4v) is 2.15. The van der Waals surface area contributed by atoms with Crippen LogP contribution in [-0.2, 0) is 6.42 Å². The first kappa shape index (κ1) is 14.0. The van der Waals surface area contributed by atoms with Gasteiger partial charge >= 0.3 is 0 Å². The molecule has 2 N–H and O–H groups in total. The van der Waals surface area contributed by atoms with Gasteiger partial charge in [-0.15, -0.1) is 12.4 Å². The molecule has 0 aliphatic carbocycles. The minimum Gasteiger partial charge on any atom is -0.389 e. The normalized spacial score (nSPS) is 17.9. The average Bonchev–Trinajstić information content (AvgIpc) is 2.30. The molecule has 1 aromatic rings. The van der Waals surface area contributed by atoms with E-state index in [0.29, 0.717) is 12.0 Å². The molecule has 0 amide bonds. The van der Waals surface area contributed by atoms with Gasteiger partial charge < -0.3 is 10.4 Å². The molecule has 0 bridgehead atoms. The van der Waals surface area contributed by atoms with Gasteiger partial charge in [-0.1, -0.05) is 12.1 Å². The third-order valence-electron chi connectivity index (χ3n) is 3.15. The standard InChI is InChI=1S/C13H16N2O.ClH/c14-10-12-3-1-11(2-4-12)9-13(16)5-7-15-8-6-13;/h1-4,15-16H,5-9H2;1H. The van der Waals surface area contributed by atoms with E-state index >= 15 is 0 Å². The second kappa shape index (κ2) is 6.02. The SMILES string of the molecule is Cl.N#Cc1ccc(CC2(O)CCNCC2)cc1. The average molecular weight is 253 g/mol. The molecule has 1 aliphatic rings. The van der Waals surface area contributed by atoms with E-state index in [-0.39, 0.29) is 12.4 Å². The van der Waals surface area contributed by atoms with Crippen molar-refractivity contribution in [2.45, 2.75) is 24.9 Å². The van der Waals surface area contributed by atoms with Gasteiger partial charge in [0, 0.05) is 6.42 Å². The number of rotatable bonds is 2. The van der Waals surface area contributed by atoms with Gasteiger partial charge in [0.25, 0.3) is 0 Å². The van der Waals surface area contributed by atoms with Crippen molar-refractivity contribution in [3.05, 3.63) is 35.4 Å². The lowest BCUT2D eigenvalue weighted by molar-refractivity contribution is 0.0109. The molecule has 4 heteroatoms. The highest BCUT2D eigenvalue weighted by Crippen LogP contribution is 2.23. The zero-order chi connectivity index (χ0) is 11.4. The topological polar surface area (TPSA) is 56.0 Å². The zero-order valence-corrected chi connectivity index (χ0v) is 10.5. The molecule has 3 nitrogen and oxygen atoms in total. The number of nitriles is 1. The molecule has 92 valence electrons. The summed E-state index contributed by atoms with van der Waals surface area (Å²) in [4.78, 5) is 0. The van der Waals surface area contributed by atoms with Crippen LogP contribution in [0.5, 0.6) is 0 Å². The molecule has 1 fully saturated rings. The number of halogens is 1. The highest BCUT2D eigenvalue weighted by Gasteiger charge is 2.28. The number of hydrogen-bond acceptors (Lipinski definition) is 3. The second-order valence-corrected chi connectivity index (χ2v) is 4.46. The van der Waals surface area contributed by atoms with Crippen LogP contribution in [0, 0.1) is 11.3 Å². The summed E-state index contributed by atoms with van der Waals surface area (Å²) in [5.41, 5.74) is 1.20. The third kappa shape index (κ3) is 3.71. The molecular formula is C13H17ClN2O. The Balaban J connectivity index is 0.00000144. The molecule has 0 unspecified atom stereocenters. The molecule has 1 heterocycles. The van der Waals surface area contributed by atoms with Gasteiger partial charge in [-0.2, -0.15) is 5.26 Å². The molecule has 0 aromatic heterocycles. The van der Waals surface area contributed by atoms with Crippen LogP contribution in [0.1, 0.15) is 24.0 Å². The highest BCUT2D eigenvalue weighted by molar-refractivity contribution is 5.85. The van der Waals surface area contributed by atoms with Crippen molar-refractivity contribution < 1.29 is 5.11 Å². The van der Waals surface area contributed by atoms with E-state index in [4.69, 9.17) is 5.26 Å². The Bertz CT molecular complexity index is 391. The van der Waals surface area contributed by atoms with Crippen LogP contribution in [0.4, 0.5) is 0 Å². The van der Waals surface area contributed by atoms with E-state index in [2.05, 4.69) is 11.4 Å². The lowest BCUT2D eigenvalue weighted by Crippen LogP contribution is -2.43. The predicted octanol–water partition coefficient (Wildman–Crippen LogP) is 1.64. The Morgan fingerprint density at radius 1 is 1.24 bits per heavy atom. The van der Waals surface area contributed by atoms with Crippen molar-refractivity contribution in [3.63, 3.8) is 0 Å². The quantitative estimate of drug-likeness (QED) is 0.841. The van der Waals surface area contributed by atoms with Crippen molar-refractivity contribution in [1.82, 2.24) is 5.32 Å². The van der Waals surface area contributed by atoms with Crippen LogP contribution in [0.15, 0.2) is 24.3 Å². The van der Waals surface area contributed by atoms with Gasteiger partial charge in [0.2, 0.25) is 0 Å². The van der Waals surface area contributed by atoms with Crippen LogP contribution in [-0.4, -0.2) is 23.8 Å². The molecule has 0 spiro atoms. The molecule has 1 saturated heterocycles.